The smallest absolute Gasteiger partial charge is 0.0936 e. The summed E-state index contributed by atoms with van der Waals surface area (Å²) in [5.41, 5.74) is 2.27. The SMILES string of the molecule is CC(C)c1cc(CN(C)CC2COCCO2)[nH]n1. The molecule has 102 valence electrons. The zero-order valence-corrected chi connectivity index (χ0v) is 11.5. The van der Waals surface area contributed by atoms with Crippen LogP contribution in [-0.2, 0) is 16.0 Å². The van der Waals surface area contributed by atoms with Gasteiger partial charge < -0.3 is 9.47 Å². The molecule has 1 aliphatic heterocycles. The molecule has 1 aromatic rings. The predicted molar refractivity (Wildman–Crippen MR) is 69.6 cm³/mol. The number of ether oxygens (including phenoxy) is 2. The molecule has 1 fully saturated rings. The number of nitrogens with one attached hydrogen (secondary N) is 1. The third kappa shape index (κ3) is 3.80. The summed E-state index contributed by atoms with van der Waals surface area (Å²) >= 11 is 0. The highest BCUT2D eigenvalue weighted by atomic mass is 16.6. The molecule has 0 bridgehead atoms. The molecule has 5 heteroatoms. The lowest BCUT2D eigenvalue weighted by Crippen LogP contribution is -2.38. The zero-order chi connectivity index (χ0) is 13.0. The summed E-state index contributed by atoms with van der Waals surface area (Å²) in [5, 5.41) is 7.40. The molecular weight excluding hydrogens is 230 g/mol. The molecule has 0 amide bonds. The minimum Gasteiger partial charge on any atom is -0.376 e. The fourth-order valence-electron chi connectivity index (χ4n) is 2.10. The Balaban J connectivity index is 1.80. The van der Waals surface area contributed by atoms with Crippen LogP contribution in [0.2, 0.25) is 0 Å². The number of likely N-dealkylation sites (N-methyl/N-ethyl adjacent to an activating group) is 1. The van der Waals surface area contributed by atoms with E-state index in [-0.39, 0.29) is 6.10 Å². The zero-order valence-electron chi connectivity index (χ0n) is 11.5. The molecule has 1 saturated heterocycles. The van der Waals surface area contributed by atoms with E-state index in [2.05, 4.69) is 42.1 Å². The maximum absolute atomic E-state index is 5.64. The summed E-state index contributed by atoms with van der Waals surface area (Å²) in [4.78, 5) is 2.23. The van der Waals surface area contributed by atoms with E-state index in [0.29, 0.717) is 19.1 Å². The number of rotatable bonds is 5. The maximum atomic E-state index is 5.64. The van der Waals surface area contributed by atoms with Crippen molar-refractivity contribution in [2.45, 2.75) is 32.4 Å². The van der Waals surface area contributed by atoms with Crippen molar-refractivity contribution in [3.05, 3.63) is 17.5 Å². The molecule has 2 heterocycles. The van der Waals surface area contributed by atoms with Gasteiger partial charge in [-0.2, -0.15) is 5.10 Å². The standard InChI is InChI=1S/C13H23N3O2/c1-10(2)13-6-11(14-15-13)7-16(3)8-12-9-17-4-5-18-12/h6,10,12H,4-5,7-9H2,1-3H3,(H,14,15). The van der Waals surface area contributed by atoms with E-state index in [9.17, 15) is 0 Å². The van der Waals surface area contributed by atoms with Crippen molar-refractivity contribution in [1.82, 2.24) is 15.1 Å². The van der Waals surface area contributed by atoms with Gasteiger partial charge in [-0.1, -0.05) is 13.8 Å². The van der Waals surface area contributed by atoms with Crippen LogP contribution in [0.25, 0.3) is 0 Å². The Kier molecular flexibility index (Phi) is 4.74. The number of hydrogen-bond acceptors (Lipinski definition) is 4. The van der Waals surface area contributed by atoms with E-state index in [1.807, 2.05) is 0 Å². The molecule has 0 saturated carbocycles. The third-order valence-electron chi connectivity index (χ3n) is 3.08. The average Bonchev–Trinajstić information content (AvgIpc) is 2.78. The Bertz CT molecular complexity index is 359. The maximum Gasteiger partial charge on any atom is 0.0936 e. The third-order valence-corrected chi connectivity index (χ3v) is 3.08. The first kappa shape index (κ1) is 13.5. The molecule has 0 aromatic carbocycles. The van der Waals surface area contributed by atoms with Gasteiger partial charge in [-0.25, -0.2) is 0 Å². The number of aromatic nitrogens is 2. The van der Waals surface area contributed by atoms with Crippen molar-refractivity contribution in [3.8, 4) is 0 Å². The van der Waals surface area contributed by atoms with Gasteiger partial charge >= 0.3 is 0 Å². The fourth-order valence-corrected chi connectivity index (χ4v) is 2.10. The van der Waals surface area contributed by atoms with Crippen molar-refractivity contribution in [2.75, 3.05) is 33.4 Å². The molecule has 0 radical (unpaired) electrons. The highest BCUT2D eigenvalue weighted by Gasteiger charge is 2.17. The normalized spacial score (nSPS) is 20.8. The first-order valence-corrected chi connectivity index (χ1v) is 6.57. The van der Waals surface area contributed by atoms with E-state index >= 15 is 0 Å². The second kappa shape index (κ2) is 6.31. The molecule has 18 heavy (non-hydrogen) atoms. The lowest BCUT2D eigenvalue weighted by atomic mass is 10.1. The molecule has 1 aromatic heterocycles. The summed E-state index contributed by atoms with van der Waals surface area (Å²) in [5.74, 6) is 0.468. The van der Waals surface area contributed by atoms with Crippen molar-refractivity contribution >= 4 is 0 Å². The van der Waals surface area contributed by atoms with Crippen LogP contribution in [-0.4, -0.2) is 54.6 Å². The molecule has 1 unspecified atom stereocenters. The highest BCUT2D eigenvalue weighted by molar-refractivity contribution is 5.11. The van der Waals surface area contributed by atoms with Gasteiger partial charge in [0, 0.05) is 18.8 Å². The van der Waals surface area contributed by atoms with Gasteiger partial charge in [0.05, 0.1) is 31.6 Å². The van der Waals surface area contributed by atoms with E-state index in [1.54, 1.807) is 0 Å². The second-order valence-electron chi connectivity index (χ2n) is 5.24. The minimum atomic E-state index is 0.191. The lowest BCUT2D eigenvalue weighted by molar-refractivity contribution is -0.0963. The lowest BCUT2D eigenvalue weighted by Gasteiger charge is -2.27. The number of aromatic amines is 1. The predicted octanol–water partition coefficient (Wildman–Crippen LogP) is 1.38. The summed E-state index contributed by atoms with van der Waals surface area (Å²) in [6, 6.07) is 2.14. The van der Waals surface area contributed by atoms with Crippen molar-refractivity contribution in [1.29, 1.82) is 0 Å². The van der Waals surface area contributed by atoms with Crippen molar-refractivity contribution in [2.24, 2.45) is 0 Å². The van der Waals surface area contributed by atoms with Gasteiger partial charge in [-0.05, 0) is 19.0 Å². The van der Waals surface area contributed by atoms with E-state index in [0.717, 1.165) is 31.1 Å². The van der Waals surface area contributed by atoms with Crippen LogP contribution in [0.5, 0.6) is 0 Å². The summed E-state index contributed by atoms with van der Waals surface area (Å²) in [6.45, 7) is 8.17. The first-order chi connectivity index (χ1) is 8.65. The molecule has 2 rings (SSSR count). The Labute approximate surface area is 108 Å². The molecule has 0 aliphatic carbocycles. The number of hydrogen-bond donors (Lipinski definition) is 1. The summed E-state index contributed by atoms with van der Waals surface area (Å²) in [7, 11) is 2.09. The number of nitrogens with zero attached hydrogens (tertiary/aromatic N) is 2. The highest BCUT2D eigenvalue weighted by Crippen LogP contribution is 2.13. The minimum absolute atomic E-state index is 0.191. The molecule has 5 nitrogen and oxygen atoms in total. The molecule has 0 spiro atoms. The van der Waals surface area contributed by atoms with E-state index in [4.69, 9.17) is 9.47 Å². The van der Waals surface area contributed by atoms with Gasteiger partial charge in [0.2, 0.25) is 0 Å². The monoisotopic (exact) mass is 253 g/mol. The van der Waals surface area contributed by atoms with Gasteiger partial charge in [0.15, 0.2) is 0 Å². The molecule has 1 atom stereocenters. The second-order valence-corrected chi connectivity index (χ2v) is 5.24. The van der Waals surface area contributed by atoms with Crippen molar-refractivity contribution < 1.29 is 9.47 Å². The van der Waals surface area contributed by atoms with E-state index in [1.165, 1.54) is 0 Å². The Morgan fingerprint density at radius 2 is 2.33 bits per heavy atom. The van der Waals surface area contributed by atoms with Gasteiger partial charge in [-0.15, -0.1) is 0 Å². The van der Waals surface area contributed by atoms with Crippen LogP contribution in [0.3, 0.4) is 0 Å². The van der Waals surface area contributed by atoms with Gasteiger partial charge in [0.1, 0.15) is 0 Å². The Morgan fingerprint density at radius 3 is 2.94 bits per heavy atom. The topological polar surface area (TPSA) is 50.4 Å². The summed E-state index contributed by atoms with van der Waals surface area (Å²) < 4.78 is 11.0. The quantitative estimate of drug-likeness (QED) is 0.861. The fraction of sp³-hybridized carbons (Fsp3) is 0.769. The van der Waals surface area contributed by atoms with Crippen LogP contribution in [0.1, 0.15) is 31.2 Å². The van der Waals surface area contributed by atoms with Crippen LogP contribution in [0.15, 0.2) is 6.07 Å². The van der Waals surface area contributed by atoms with Crippen LogP contribution in [0, 0.1) is 0 Å². The largest absolute Gasteiger partial charge is 0.376 e. The first-order valence-electron chi connectivity index (χ1n) is 6.57. The number of H-pyrrole nitrogens is 1. The molecule has 1 N–H and O–H groups in total. The van der Waals surface area contributed by atoms with Crippen LogP contribution < -0.4 is 0 Å². The molecular formula is C13H23N3O2. The average molecular weight is 253 g/mol. The molecule has 1 aliphatic rings. The van der Waals surface area contributed by atoms with Crippen LogP contribution in [0.4, 0.5) is 0 Å². The Hall–Kier alpha value is -0.910. The Morgan fingerprint density at radius 1 is 1.50 bits per heavy atom. The van der Waals surface area contributed by atoms with Crippen LogP contribution >= 0.6 is 0 Å². The van der Waals surface area contributed by atoms with Crippen molar-refractivity contribution in [3.63, 3.8) is 0 Å². The van der Waals surface area contributed by atoms with E-state index < -0.39 is 0 Å². The van der Waals surface area contributed by atoms with Gasteiger partial charge in [0.25, 0.3) is 0 Å². The summed E-state index contributed by atoms with van der Waals surface area (Å²) in [6.07, 6.45) is 0.191. The van der Waals surface area contributed by atoms with Gasteiger partial charge in [-0.3, -0.25) is 10.00 Å².